The van der Waals surface area contributed by atoms with Gasteiger partial charge in [0.2, 0.25) is 5.91 Å². The summed E-state index contributed by atoms with van der Waals surface area (Å²) in [4.78, 5) is 37.2. The minimum absolute atomic E-state index is 0.0151. The predicted molar refractivity (Wildman–Crippen MR) is 164 cm³/mol. The zero-order valence-corrected chi connectivity index (χ0v) is 23.5. The SMILES string of the molecule is O=C(CCCCc1ccccc1)NCCOc1ccc(C[C@H](Nc2ccccc2C(=O)c2ccccc2)C(=O)O)cc1. The summed E-state index contributed by atoms with van der Waals surface area (Å²) < 4.78 is 5.74. The van der Waals surface area contributed by atoms with Gasteiger partial charge in [0, 0.05) is 29.7 Å². The molecule has 3 N–H and O–H groups in total. The van der Waals surface area contributed by atoms with E-state index in [0.29, 0.717) is 42.1 Å². The van der Waals surface area contributed by atoms with Crippen molar-refractivity contribution in [3.05, 3.63) is 131 Å². The van der Waals surface area contributed by atoms with Gasteiger partial charge in [-0.25, -0.2) is 4.79 Å². The van der Waals surface area contributed by atoms with Crippen molar-refractivity contribution in [2.75, 3.05) is 18.5 Å². The molecule has 0 spiro atoms. The van der Waals surface area contributed by atoms with Gasteiger partial charge in [0.1, 0.15) is 18.4 Å². The molecule has 4 rings (SSSR count). The zero-order valence-electron chi connectivity index (χ0n) is 23.5. The number of para-hydroxylation sites is 1. The Morgan fingerprint density at radius 1 is 0.738 bits per heavy atom. The minimum atomic E-state index is -1.02. The molecule has 0 aliphatic rings. The Morgan fingerprint density at radius 2 is 1.40 bits per heavy atom. The molecular weight excluding hydrogens is 528 g/mol. The normalized spacial score (nSPS) is 11.3. The number of nitrogens with one attached hydrogen (secondary N) is 2. The van der Waals surface area contributed by atoms with E-state index < -0.39 is 12.0 Å². The third kappa shape index (κ3) is 9.34. The van der Waals surface area contributed by atoms with Gasteiger partial charge in [0.15, 0.2) is 5.78 Å². The Hall–Kier alpha value is -4.91. The van der Waals surface area contributed by atoms with Crippen molar-refractivity contribution in [1.82, 2.24) is 5.32 Å². The van der Waals surface area contributed by atoms with Gasteiger partial charge in [0.05, 0.1) is 6.54 Å². The van der Waals surface area contributed by atoms with Crippen molar-refractivity contribution in [2.45, 2.75) is 38.1 Å². The van der Waals surface area contributed by atoms with Crippen LogP contribution in [-0.4, -0.2) is 42.0 Å². The highest BCUT2D eigenvalue weighted by atomic mass is 16.5. The molecule has 0 unspecified atom stereocenters. The van der Waals surface area contributed by atoms with Gasteiger partial charge in [0.25, 0.3) is 0 Å². The van der Waals surface area contributed by atoms with E-state index >= 15 is 0 Å². The second-order valence-corrected chi connectivity index (χ2v) is 10.0. The lowest BCUT2D eigenvalue weighted by atomic mass is 10.00. The Labute approximate surface area is 246 Å². The van der Waals surface area contributed by atoms with E-state index in [-0.39, 0.29) is 18.1 Å². The molecule has 0 fully saturated rings. The quantitative estimate of drug-likeness (QED) is 0.115. The largest absolute Gasteiger partial charge is 0.492 e. The summed E-state index contributed by atoms with van der Waals surface area (Å²) in [6.07, 6.45) is 3.48. The highest BCUT2D eigenvalue weighted by Crippen LogP contribution is 2.22. The van der Waals surface area contributed by atoms with Crippen LogP contribution in [0.1, 0.15) is 46.3 Å². The lowest BCUT2D eigenvalue weighted by Crippen LogP contribution is -2.32. The molecule has 0 aliphatic heterocycles. The van der Waals surface area contributed by atoms with Gasteiger partial charge in [-0.3, -0.25) is 9.59 Å². The summed E-state index contributed by atoms with van der Waals surface area (Å²) >= 11 is 0. The van der Waals surface area contributed by atoms with E-state index in [2.05, 4.69) is 22.8 Å². The maximum absolute atomic E-state index is 13.0. The number of hydrogen-bond acceptors (Lipinski definition) is 5. The molecular formula is C35H36N2O5. The third-order valence-electron chi connectivity index (χ3n) is 6.85. The number of hydrogen-bond donors (Lipinski definition) is 3. The number of anilines is 1. The first kappa shape index (κ1) is 30.1. The standard InChI is InChI=1S/C35H36N2O5/c38-33(18-10-7-13-26-11-3-1-4-12-26)36-23-24-42-29-21-19-27(20-22-29)25-32(35(40)41)37-31-17-9-8-16-30(31)34(39)28-14-5-2-6-15-28/h1-6,8-9,11-12,14-17,19-22,32,37H,7,10,13,18,23-25H2,(H,36,38)(H,40,41)/t32-/m0/s1. The second kappa shape index (κ2) is 15.8. The molecule has 7 heteroatoms. The van der Waals surface area contributed by atoms with Gasteiger partial charge in [-0.1, -0.05) is 84.9 Å². The highest BCUT2D eigenvalue weighted by molar-refractivity contribution is 6.12. The molecule has 1 atom stereocenters. The fraction of sp³-hybridized carbons (Fsp3) is 0.229. The van der Waals surface area contributed by atoms with Crippen LogP contribution in [0.25, 0.3) is 0 Å². The number of benzene rings is 4. The molecule has 216 valence electrons. The molecule has 1 amide bonds. The molecule has 4 aromatic rings. The topological polar surface area (TPSA) is 105 Å². The van der Waals surface area contributed by atoms with Crippen LogP contribution in [-0.2, 0) is 22.4 Å². The summed E-state index contributed by atoms with van der Waals surface area (Å²) in [5.74, 6) is -0.549. The van der Waals surface area contributed by atoms with Gasteiger partial charge in [-0.15, -0.1) is 0 Å². The maximum Gasteiger partial charge on any atom is 0.326 e. The Morgan fingerprint density at radius 3 is 2.12 bits per heavy atom. The van der Waals surface area contributed by atoms with Crippen molar-refractivity contribution in [3.63, 3.8) is 0 Å². The summed E-state index contributed by atoms with van der Waals surface area (Å²) in [5, 5.41) is 15.8. The van der Waals surface area contributed by atoms with E-state index in [1.807, 2.05) is 36.4 Å². The maximum atomic E-state index is 13.0. The van der Waals surface area contributed by atoms with E-state index in [0.717, 1.165) is 24.8 Å². The number of rotatable bonds is 16. The molecule has 0 aromatic heterocycles. The van der Waals surface area contributed by atoms with E-state index in [1.54, 1.807) is 60.7 Å². The van der Waals surface area contributed by atoms with Crippen LogP contribution < -0.4 is 15.4 Å². The summed E-state index contributed by atoms with van der Waals surface area (Å²) in [5.41, 5.74) is 3.51. The van der Waals surface area contributed by atoms with Crippen LogP contribution in [0.15, 0.2) is 109 Å². The van der Waals surface area contributed by atoms with Gasteiger partial charge >= 0.3 is 5.97 Å². The molecule has 0 heterocycles. The lowest BCUT2D eigenvalue weighted by Gasteiger charge is -2.18. The monoisotopic (exact) mass is 564 g/mol. The van der Waals surface area contributed by atoms with E-state index in [9.17, 15) is 19.5 Å². The Balaban J connectivity index is 1.21. The number of ether oxygens (including phenoxy) is 1. The molecule has 7 nitrogen and oxygen atoms in total. The van der Waals surface area contributed by atoms with Crippen LogP contribution in [0.5, 0.6) is 5.75 Å². The molecule has 0 saturated heterocycles. The average Bonchev–Trinajstić information content (AvgIpc) is 3.02. The van der Waals surface area contributed by atoms with Crippen LogP contribution in [0.4, 0.5) is 5.69 Å². The molecule has 0 saturated carbocycles. The molecule has 0 radical (unpaired) electrons. The van der Waals surface area contributed by atoms with E-state index in [4.69, 9.17) is 4.74 Å². The number of aryl methyl sites for hydroxylation is 1. The first-order chi connectivity index (χ1) is 20.5. The minimum Gasteiger partial charge on any atom is -0.492 e. The van der Waals surface area contributed by atoms with Gasteiger partial charge in [-0.2, -0.15) is 0 Å². The van der Waals surface area contributed by atoms with Crippen LogP contribution in [0, 0.1) is 0 Å². The van der Waals surface area contributed by atoms with Crippen LogP contribution in [0.3, 0.4) is 0 Å². The number of unbranched alkanes of at least 4 members (excludes halogenated alkanes) is 1. The number of amides is 1. The molecule has 4 aromatic carbocycles. The predicted octanol–water partition coefficient (Wildman–Crippen LogP) is 5.93. The first-order valence-corrected chi connectivity index (χ1v) is 14.2. The zero-order chi connectivity index (χ0) is 29.6. The van der Waals surface area contributed by atoms with Crippen molar-refractivity contribution in [1.29, 1.82) is 0 Å². The first-order valence-electron chi connectivity index (χ1n) is 14.2. The van der Waals surface area contributed by atoms with Crippen LogP contribution >= 0.6 is 0 Å². The summed E-state index contributed by atoms with van der Waals surface area (Å²) in [6, 6.07) is 32.3. The number of aliphatic carboxylic acids is 1. The number of ketones is 1. The molecule has 0 bridgehead atoms. The number of carboxylic acid groups (broad SMARTS) is 1. The number of carboxylic acids is 1. The third-order valence-corrected chi connectivity index (χ3v) is 6.85. The number of carbonyl (C=O) groups excluding carboxylic acids is 2. The Kier molecular flexibility index (Phi) is 11.3. The van der Waals surface area contributed by atoms with Crippen molar-refractivity contribution >= 4 is 23.3 Å². The van der Waals surface area contributed by atoms with E-state index in [1.165, 1.54) is 5.56 Å². The van der Waals surface area contributed by atoms with Crippen molar-refractivity contribution < 1.29 is 24.2 Å². The fourth-order valence-electron chi connectivity index (χ4n) is 4.60. The van der Waals surface area contributed by atoms with Gasteiger partial charge in [-0.05, 0) is 54.7 Å². The smallest absolute Gasteiger partial charge is 0.326 e. The lowest BCUT2D eigenvalue weighted by molar-refractivity contribution is -0.137. The molecule has 0 aliphatic carbocycles. The Bertz CT molecular complexity index is 1440. The van der Waals surface area contributed by atoms with Crippen LogP contribution in [0.2, 0.25) is 0 Å². The summed E-state index contributed by atoms with van der Waals surface area (Å²) in [7, 11) is 0. The van der Waals surface area contributed by atoms with Crippen molar-refractivity contribution in [3.8, 4) is 5.75 Å². The highest BCUT2D eigenvalue weighted by Gasteiger charge is 2.21. The summed E-state index contributed by atoms with van der Waals surface area (Å²) in [6.45, 7) is 0.742. The fourth-order valence-corrected chi connectivity index (χ4v) is 4.60. The number of carbonyl (C=O) groups is 3. The second-order valence-electron chi connectivity index (χ2n) is 10.0. The average molecular weight is 565 g/mol. The molecule has 42 heavy (non-hydrogen) atoms. The van der Waals surface area contributed by atoms with Crippen molar-refractivity contribution in [2.24, 2.45) is 0 Å². The van der Waals surface area contributed by atoms with Gasteiger partial charge < -0.3 is 20.5 Å².